The Hall–Kier alpha value is -2.47. The fourth-order valence-electron chi connectivity index (χ4n) is 5.50. The summed E-state index contributed by atoms with van der Waals surface area (Å²) in [6, 6.07) is 19.4. The van der Waals surface area contributed by atoms with E-state index in [0.717, 1.165) is 37.1 Å². The fraction of sp³-hybridized carbons (Fsp3) is 0.481. The highest BCUT2D eigenvalue weighted by Crippen LogP contribution is 2.40. The Labute approximate surface area is 197 Å². The zero-order valence-corrected chi connectivity index (χ0v) is 20.0. The number of hydrogen-bond acceptors (Lipinski definition) is 3. The molecule has 0 aromatic heterocycles. The van der Waals surface area contributed by atoms with E-state index in [-0.39, 0.29) is 16.9 Å². The van der Waals surface area contributed by atoms with Gasteiger partial charge in [0.25, 0.3) is 10.0 Å². The molecule has 5 rings (SSSR count). The Morgan fingerprint density at radius 3 is 1.91 bits per heavy atom. The van der Waals surface area contributed by atoms with Crippen LogP contribution in [0.25, 0.3) is 0 Å². The van der Waals surface area contributed by atoms with E-state index >= 15 is 0 Å². The molecule has 0 spiro atoms. The number of likely N-dealkylation sites (tertiary alicyclic amines) is 1. The molecule has 1 aliphatic heterocycles. The van der Waals surface area contributed by atoms with Crippen LogP contribution in [0.3, 0.4) is 0 Å². The lowest BCUT2D eigenvalue weighted by molar-refractivity contribution is 0.293. The van der Waals surface area contributed by atoms with E-state index in [0.29, 0.717) is 11.9 Å². The molecular formula is C27H33N3O2S. The Bertz CT molecular complexity index is 1100. The Balaban J connectivity index is 1.59. The van der Waals surface area contributed by atoms with Crippen molar-refractivity contribution in [1.29, 1.82) is 0 Å². The highest BCUT2D eigenvalue weighted by molar-refractivity contribution is 7.90. The van der Waals surface area contributed by atoms with Crippen molar-refractivity contribution in [2.75, 3.05) is 0 Å². The number of hydrogen-bond donors (Lipinski definition) is 0. The van der Waals surface area contributed by atoms with Crippen LogP contribution in [0, 0.1) is 0 Å². The van der Waals surface area contributed by atoms with Crippen molar-refractivity contribution in [3.05, 3.63) is 66.2 Å². The topological polar surface area (TPSA) is 62.1 Å². The quantitative estimate of drug-likeness (QED) is 0.551. The molecule has 6 heteroatoms. The lowest BCUT2D eigenvalue weighted by atomic mass is 9.82. The molecule has 2 aromatic rings. The molecule has 0 N–H and O–H groups in total. The molecule has 3 fully saturated rings. The van der Waals surface area contributed by atoms with Gasteiger partial charge < -0.3 is 4.90 Å². The van der Waals surface area contributed by atoms with Crippen molar-refractivity contribution in [2.24, 2.45) is 9.39 Å². The van der Waals surface area contributed by atoms with Gasteiger partial charge in [0, 0.05) is 6.04 Å². The van der Waals surface area contributed by atoms with Gasteiger partial charge in [-0.1, -0.05) is 87.1 Å². The molecule has 1 unspecified atom stereocenters. The van der Waals surface area contributed by atoms with Crippen LogP contribution in [-0.2, 0) is 10.0 Å². The van der Waals surface area contributed by atoms with Crippen LogP contribution in [0.1, 0.15) is 75.7 Å². The lowest BCUT2D eigenvalue weighted by Gasteiger charge is -2.49. The minimum Gasteiger partial charge on any atom is -0.313 e. The van der Waals surface area contributed by atoms with Gasteiger partial charge in [0.1, 0.15) is 17.6 Å². The van der Waals surface area contributed by atoms with E-state index in [2.05, 4.69) is 21.4 Å². The third kappa shape index (κ3) is 4.77. The van der Waals surface area contributed by atoms with Crippen LogP contribution in [0.5, 0.6) is 0 Å². The fourth-order valence-corrected chi connectivity index (χ4v) is 6.55. The summed E-state index contributed by atoms with van der Waals surface area (Å²) in [7, 11) is -3.80. The first-order valence-corrected chi connectivity index (χ1v) is 13.9. The van der Waals surface area contributed by atoms with Crippen molar-refractivity contribution >= 4 is 21.7 Å². The highest BCUT2D eigenvalue weighted by Gasteiger charge is 2.47. The molecule has 174 valence electrons. The average Bonchev–Trinajstić information content (AvgIpc) is 2.86. The predicted octanol–water partition coefficient (Wildman–Crippen LogP) is 5.94. The number of sulfonamides is 1. The Morgan fingerprint density at radius 2 is 1.27 bits per heavy atom. The van der Waals surface area contributed by atoms with Crippen LogP contribution in [0.2, 0.25) is 0 Å². The molecule has 2 saturated carbocycles. The standard InChI is InChI=1S/C27H33N3O2S/c31-33(32,24-19-11-4-12-20-24)29-27-25(21-13-5-1-6-14-21)26(28-22-15-7-2-8-16-22)30(27)23-17-9-3-10-18-23/h1,4-6,11-14,19-20,22-23,25H,2-3,7-10,15-18H2/b28-26?,29-27+. The van der Waals surface area contributed by atoms with E-state index in [1.54, 1.807) is 24.3 Å². The minimum atomic E-state index is -3.80. The van der Waals surface area contributed by atoms with Crippen LogP contribution in [-0.4, -0.2) is 37.1 Å². The van der Waals surface area contributed by atoms with Crippen molar-refractivity contribution in [3.8, 4) is 0 Å². The maximum absolute atomic E-state index is 13.3. The van der Waals surface area contributed by atoms with E-state index in [4.69, 9.17) is 4.99 Å². The number of rotatable bonds is 5. The van der Waals surface area contributed by atoms with Gasteiger partial charge in [-0.25, -0.2) is 0 Å². The highest BCUT2D eigenvalue weighted by atomic mass is 32.2. The summed E-state index contributed by atoms with van der Waals surface area (Å²) in [6.07, 6.45) is 11.7. The van der Waals surface area contributed by atoms with Gasteiger partial charge in [-0.2, -0.15) is 8.42 Å². The predicted molar refractivity (Wildman–Crippen MR) is 133 cm³/mol. The van der Waals surface area contributed by atoms with Crippen LogP contribution >= 0.6 is 0 Å². The summed E-state index contributed by atoms with van der Waals surface area (Å²) in [5, 5.41) is 0. The summed E-state index contributed by atoms with van der Waals surface area (Å²) < 4.78 is 31.0. The summed E-state index contributed by atoms with van der Waals surface area (Å²) in [5.41, 5.74) is 1.07. The number of benzene rings is 2. The van der Waals surface area contributed by atoms with E-state index < -0.39 is 10.0 Å². The number of amidine groups is 2. The second kappa shape index (κ2) is 9.80. The number of nitrogens with zero attached hydrogens (tertiary/aromatic N) is 3. The molecule has 5 nitrogen and oxygen atoms in total. The van der Waals surface area contributed by atoms with Crippen LogP contribution in [0.15, 0.2) is 74.9 Å². The molecule has 1 heterocycles. The maximum Gasteiger partial charge on any atom is 0.283 e. The zero-order chi connectivity index (χ0) is 22.7. The molecule has 0 radical (unpaired) electrons. The molecule has 0 amide bonds. The van der Waals surface area contributed by atoms with Gasteiger partial charge in [-0.3, -0.25) is 4.99 Å². The first kappa shape index (κ1) is 22.3. The van der Waals surface area contributed by atoms with Gasteiger partial charge >= 0.3 is 0 Å². The minimum absolute atomic E-state index is 0.187. The maximum atomic E-state index is 13.3. The second-order valence-corrected chi connectivity index (χ2v) is 11.1. The van der Waals surface area contributed by atoms with Gasteiger partial charge in [0.2, 0.25) is 0 Å². The Kier molecular flexibility index (Phi) is 6.63. The Morgan fingerprint density at radius 1 is 0.697 bits per heavy atom. The number of aliphatic imine (C=N–C) groups is 1. The van der Waals surface area contributed by atoms with Gasteiger partial charge in [0.05, 0.1) is 10.9 Å². The van der Waals surface area contributed by atoms with Crippen LogP contribution < -0.4 is 0 Å². The summed E-state index contributed by atoms with van der Waals surface area (Å²) in [6.45, 7) is 0. The molecule has 2 aromatic carbocycles. The van der Waals surface area contributed by atoms with E-state index in [9.17, 15) is 8.42 Å². The van der Waals surface area contributed by atoms with Crippen molar-refractivity contribution < 1.29 is 8.42 Å². The first-order valence-electron chi connectivity index (χ1n) is 12.5. The van der Waals surface area contributed by atoms with Crippen molar-refractivity contribution in [2.45, 2.75) is 87.1 Å². The average molecular weight is 464 g/mol. The lowest BCUT2D eigenvalue weighted by Crippen LogP contribution is -2.61. The monoisotopic (exact) mass is 463 g/mol. The van der Waals surface area contributed by atoms with Crippen LogP contribution in [0.4, 0.5) is 0 Å². The largest absolute Gasteiger partial charge is 0.313 e. The molecule has 3 aliphatic rings. The smallest absolute Gasteiger partial charge is 0.283 e. The second-order valence-electron chi connectivity index (χ2n) is 9.52. The molecule has 33 heavy (non-hydrogen) atoms. The summed E-state index contributed by atoms with van der Waals surface area (Å²) >= 11 is 0. The third-order valence-corrected chi connectivity index (χ3v) is 8.52. The third-order valence-electron chi connectivity index (χ3n) is 7.23. The van der Waals surface area contributed by atoms with E-state index in [1.807, 2.05) is 24.3 Å². The van der Waals surface area contributed by atoms with Crippen molar-refractivity contribution in [1.82, 2.24) is 4.90 Å². The summed E-state index contributed by atoms with van der Waals surface area (Å²) in [4.78, 5) is 7.72. The zero-order valence-electron chi connectivity index (χ0n) is 19.1. The summed E-state index contributed by atoms with van der Waals surface area (Å²) in [5.74, 6) is 1.49. The SMILES string of the molecule is O=S(=O)(/N=C1\C(c2ccccc2)C(=NC2CCCCC2)N1C1CCCCC1)c1ccccc1. The van der Waals surface area contributed by atoms with Gasteiger partial charge in [-0.15, -0.1) is 4.40 Å². The van der Waals surface area contributed by atoms with E-state index in [1.165, 1.54) is 38.5 Å². The van der Waals surface area contributed by atoms with Crippen molar-refractivity contribution in [3.63, 3.8) is 0 Å². The normalized spacial score (nSPS) is 25.3. The molecule has 0 bridgehead atoms. The van der Waals surface area contributed by atoms with Gasteiger partial charge in [0.15, 0.2) is 0 Å². The first-order chi connectivity index (χ1) is 16.1. The molecule has 1 atom stereocenters. The molecule has 1 saturated heterocycles. The molecular weight excluding hydrogens is 430 g/mol. The molecule has 2 aliphatic carbocycles. The van der Waals surface area contributed by atoms with Gasteiger partial charge in [-0.05, 0) is 43.4 Å².